The maximum absolute atomic E-state index is 13.0. The largest absolute Gasteiger partial charge is 0.471 e. The average molecular weight is 531 g/mol. The van der Waals surface area contributed by atoms with Crippen molar-refractivity contribution < 1.29 is 36.0 Å². The van der Waals surface area contributed by atoms with Gasteiger partial charge in [-0.3, -0.25) is 9.10 Å². The SMILES string of the molecule is C=O.C=O.CCCC.CCCN(c1ccc(Cl)cc1)S(=O)(=O)C1CCN(C(=O)C(F)(F)F)CC1. The molecule has 0 bridgehead atoms. The van der Waals surface area contributed by atoms with Gasteiger partial charge in [0.05, 0.1) is 10.9 Å². The molecule has 0 aliphatic carbocycles. The van der Waals surface area contributed by atoms with E-state index in [0.717, 1.165) is 0 Å². The third kappa shape index (κ3) is 10.9. The van der Waals surface area contributed by atoms with Crippen LogP contribution in [0.1, 0.15) is 52.9 Å². The Hall–Kier alpha value is -2.14. The molecule has 0 spiro atoms. The van der Waals surface area contributed by atoms with Crippen molar-refractivity contribution in [3.63, 3.8) is 0 Å². The summed E-state index contributed by atoms with van der Waals surface area (Å²) >= 11 is 5.84. The predicted octanol–water partition coefficient (Wildman–Crippen LogP) is 4.88. The van der Waals surface area contributed by atoms with Crippen LogP contribution in [0.15, 0.2) is 24.3 Å². The first kappa shape index (κ1) is 34.0. The van der Waals surface area contributed by atoms with Gasteiger partial charge < -0.3 is 14.5 Å². The number of anilines is 1. The van der Waals surface area contributed by atoms with Gasteiger partial charge in [0.2, 0.25) is 10.0 Å². The van der Waals surface area contributed by atoms with Crippen molar-refractivity contribution in [2.24, 2.45) is 0 Å². The molecule has 1 aromatic carbocycles. The van der Waals surface area contributed by atoms with E-state index in [4.69, 9.17) is 21.2 Å². The van der Waals surface area contributed by atoms with E-state index in [-0.39, 0.29) is 32.5 Å². The molecule has 196 valence electrons. The van der Waals surface area contributed by atoms with Gasteiger partial charge in [0.1, 0.15) is 13.6 Å². The number of amides is 1. The third-order valence-electron chi connectivity index (χ3n) is 4.74. The van der Waals surface area contributed by atoms with Gasteiger partial charge in [-0.1, -0.05) is 45.2 Å². The van der Waals surface area contributed by atoms with Gasteiger partial charge in [0.25, 0.3) is 0 Å². The molecule has 0 atom stereocenters. The van der Waals surface area contributed by atoms with Crippen LogP contribution < -0.4 is 4.31 Å². The molecule has 1 aliphatic rings. The van der Waals surface area contributed by atoms with Gasteiger partial charge in [0.15, 0.2) is 0 Å². The fourth-order valence-electron chi connectivity index (χ4n) is 2.93. The van der Waals surface area contributed by atoms with Crippen molar-refractivity contribution in [1.82, 2.24) is 4.90 Å². The molecule has 1 heterocycles. The first-order valence-electron chi connectivity index (χ1n) is 10.7. The molecule has 34 heavy (non-hydrogen) atoms. The molecule has 0 saturated carbocycles. The Morgan fingerprint density at radius 2 is 1.44 bits per heavy atom. The highest BCUT2D eigenvalue weighted by molar-refractivity contribution is 7.93. The smallest absolute Gasteiger partial charge is 0.335 e. The normalized spacial score (nSPS) is 13.8. The predicted molar refractivity (Wildman–Crippen MR) is 128 cm³/mol. The highest BCUT2D eigenvalue weighted by atomic mass is 35.5. The summed E-state index contributed by atoms with van der Waals surface area (Å²) in [5.41, 5.74) is 0.463. The number of alkyl halides is 3. The molecule has 0 radical (unpaired) electrons. The molecule has 1 aliphatic heterocycles. The topological polar surface area (TPSA) is 91.8 Å². The van der Waals surface area contributed by atoms with Gasteiger partial charge >= 0.3 is 12.1 Å². The maximum Gasteiger partial charge on any atom is 0.471 e. The van der Waals surface area contributed by atoms with Crippen molar-refractivity contribution in [2.75, 3.05) is 23.9 Å². The second-order valence-corrected chi connectivity index (χ2v) is 9.66. The summed E-state index contributed by atoms with van der Waals surface area (Å²) in [5.74, 6) is -1.92. The van der Waals surface area contributed by atoms with Gasteiger partial charge in [-0.2, -0.15) is 13.2 Å². The monoisotopic (exact) mass is 530 g/mol. The Balaban J connectivity index is 0. The second-order valence-electron chi connectivity index (χ2n) is 7.08. The summed E-state index contributed by atoms with van der Waals surface area (Å²) in [6.07, 6.45) is -1.79. The number of sulfonamides is 1. The number of hydrogen-bond acceptors (Lipinski definition) is 5. The third-order valence-corrected chi connectivity index (χ3v) is 7.32. The zero-order chi connectivity index (χ0) is 26.9. The molecule has 12 heteroatoms. The Labute approximate surface area is 205 Å². The van der Waals surface area contributed by atoms with Crippen LogP contribution in [0.5, 0.6) is 0 Å². The van der Waals surface area contributed by atoms with Crippen molar-refractivity contribution in [3.8, 4) is 0 Å². The average Bonchev–Trinajstić information content (AvgIpc) is 2.85. The number of piperidine rings is 1. The van der Waals surface area contributed by atoms with E-state index in [1.54, 1.807) is 24.3 Å². The number of rotatable bonds is 6. The van der Waals surface area contributed by atoms with Crippen LogP contribution in [0, 0.1) is 0 Å². The standard InChI is InChI=1S/C16H20ClF3N2O3S.C4H10.2CH2O/c1-2-9-22(13-5-3-12(17)4-6-13)26(24,25)14-7-10-21(11-8-14)15(23)16(18,19)20;1-3-4-2;2*1-2/h3-6,14H,2,7-11H2,1H3;3-4H2,1-2H3;2*1H2. The second kappa shape index (κ2) is 17.3. The lowest BCUT2D eigenvalue weighted by molar-refractivity contribution is -0.186. The Bertz CT molecular complexity index is 796. The molecular weight excluding hydrogens is 497 g/mol. The molecule has 1 amide bonds. The molecule has 1 aromatic rings. The minimum atomic E-state index is -4.94. The highest BCUT2D eigenvalue weighted by Gasteiger charge is 2.45. The van der Waals surface area contributed by atoms with Gasteiger partial charge in [0, 0.05) is 24.7 Å². The van der Waals surface area contributed by atoms with Crippen LogP contribution in [-0.4, -0.2) is 63.9 Å². The summed E-state index contributed by atoms with van der Waals surface area (Å²) in [6.45, 7) is 9.99. The number of hydrogen-bond donors (Lipinski definition) is 0. The zero-order valence-corrected chi connectivity index (χ0v) is 21.4. The van der Waals surface area contributed by atoms with Crippen molar-refractivity contribution in [2.45, 2.75) is 64.3 Å². The molecular formula is C22H34ClF3N2O5S. The fourth-order valence-corrected chi connectivity index (χ4v) is 5.07. The van der Waals surface area contributed by atoms with Crippen LogP contribution in [0.4, 0.5) is 18.9 Å². The van der Waals surface area contributed by atoms with E-state index >= 15 is 0 Å². The van der Waals surface area contributed by atoms with E-state index in [1.165, 1.54) is 17.1 Å². The lowest BCUT2D eigenvalue weighted by Gasteiger charge is -2.35. The van der Waals surface area contributed by atoms with E-state index in [1.807, 2.05) is 20.5 Å². The number of nitrogens with zero attached hydrogens (tertiary/aromatic N) is 2. The maximum atomic E-state index is 13.0. The van der Waals surface area contributed by atoms with E-state index in [2.05, 4.69) is 13.8 Å². The molecule has 2 rings (SSSR count). The number of likely N-dealkylation sites (tertiary alicyclic amines) is 1. The van der Waals surface area contributed by atoms with E-state index in [9.17, 15) is 26.4 Å². The quantitative estimate of drug-likeness (QED) is 0.523. The molecule has 7 nitrogen and oxygen atoms in total. The molecule has 0 unspecified atom stereocenters. The number of benzene rings is 1. The van der Waals surface area contributed by atoms with Gasteiger partial charge in [-0.25, -0.2) is 8.42 Å². The summed E-state index contributed by atoms with van der Waals surface area (Å²) in [5, 5.41) is -0.358. The van der Waals surface area contributed by atoms with Gasteiger partial charge in [-0.15, -0.1) is 0 Å². The minimum Gasteiger partial charge on any atom is -0.335 e. The number of carbonyl (C=O) groups is 3. The lowest BCUT2D eigenvalue weighted by atomic mass is 10.1. The summed E-state index contributed by atoms with van der Waals surface area (Å²) in [6, 6.07) is 6.36. The van der Waals surface area contributed by atoms with Crippen molar-refractivity contribution in [3.05, 3.63) is 29.3 Å². The Morgan fingerprint density at radius 3 is 1.79 bits per heavy atom. The molecule has 0 aromatic heterocycles. The fraction of sp³-hybridized carbons (Fsp3) is 0.591. The number of unbranched alkanes of at least 4 members (excludes halogenated alkanes) is 1. The first-order chi connectivity index (χ1) is 16.0. The molecule has 1 saturated heterocycles. The summed E-state index contributed by atoms with van der Waals surface area (Å²) in [7, 11) is -3.77. The van der Waals surface area contributed by atoms with Crippen molar-refractivity contribution >= 4 is 46.8 Å². The van der Waals surface area contributed by atoms with Gasteiger partial charge in [-0.05, 0) is 43.5 Å². The highest BCUT2D eigenvalue weighted by Crippen LogP contribution is 2.29. The van der Waals surface area contributed by atoms with E-state index < -0.39 is 27.4 Å². The van der Waals surface area contributed by atoms with Crippen LogP contribution in [-0.2, 0) is 24.4 Å². The zero-order valence-electron chi connectivity index (χ0n) is 19.8. The van der Waals surface area contributed by atoms with Crippen molar-refractivity contribution in [1.29, 1.82) is 0 Å². The van der Waals surface area contributed by atoms with Crippen LogP contribution in [0.25, 0.3) is 0 Å². The molecule has 0 N–H and O–H groups in total. The van der Waals surface area contributed by atoms with Crippen LogP contribution in [0.3, 0.4) is 0 Å². The van der Waals surface area contributed by atoms with Crippen LogP contribution in [0.2, 0.25) is 5.02 Å². The number of carbonyl (C=O) groups excluding carboxylic acids is 3. The Morgan fingerprint density at radius 1 is 1.00 bits per heavy atom. The molecule has 1 fully saturated rings. The Kier molecular flexibility index (Phi) is 17.3. The minimum absolute atomic E-state index is 0.0298. The van der Waals surface area contributed by atoms with Crippen LogP contribution >= 0.6 is 11.6 Å². The number of halogens is 4. The lowest BCUT2D eigenvalue weighted by Crippen LogP contribution is -2.50. The summed E-state index contributed by atoms with van der Waals surface area (Å²) in [4.78, 5) is 28.0. The van der Waals surface area contributed by atoms with E-state index in [0.29, 0.717) is 22.0 Å². The summed E-state index contributed by atoms with van der Waals surface area (Å²) < 4.78 is 64.8. The first-order valence-corrected chi connectivity index (χ1v) is 12.6.